The number of aliphatic carboxylic acids is 1. The monoisotopic (exact) mass is 521 g/mol. The molecular formula is C24H24ClNO6S2. The number of carbonyl (C=O) groups is 1. The van der Waals surface area contributed by atoms with Gasteiger partial charge in [0.15, 0.2) is 0 Å². The molecule has 0 amide bonds. The van der Waals surface area contributed by atoms with E-state index in [4.69, 9.17) is 16.3 Å². The molecular weight excluding hydrogens is 498 g/mol. The normalized spacial score (nSPS) is 20.2. The van der Waals surface area contributed by atoms with Crippen LogP contribution in [0.15, 0.2) is 64.9 Å². The minimum Gasteiger partial charge on any atom is -0.490 e. The summed E-state index contributed by atoms with van der Waals surface area (Å²) in [6.45, 7) is 3.20. The van der Waals surface area contributed by atoms with Gasteiger partial charge in [0.1, 0.15) is 22.1 Å². The molecule has 0 aliphatic heterocycles. The maximum Gasteiger partial charge on any atom is 0.325 e. The van der Waals surface area contributed by atoms with Crippen LogP contribution in [0.2, 0.25) is 5.02 Å². The van der Waals surface area contributed by atoms with Crippen molar-refractivity contribution >= 4 is 38.9 Å². The molecule has 2 aromatic carbocycles. The number of carboxylic acids is 1. The fraction of sp³-hybridized carbons (Fsp3) is 0.292. The largest absolute Gasteiger partial charge is 0.490 e. The number of sulfonamides is 1. The Morgan fingerprint density at radius 3 is 2.50 bits per heavy atom. The Kier molecular flexibility index (Phi) is 6.52. The van der Waals surface area contributed by atoms with Gasteiger partial charge < -0.3 is 14.9 Å². The molecule has 1 heterocycles. The van der Waals surface area contributed by atoms with Crippen molar-refractivity contribution in [2.75, 3.05) is 6.61 Å². The Morgan fingerprint density at radius 1 is 1.18 bits per heavy atom. The predicted octanol–water partition coefficient (Wildman–Crippen LogP) is 4.51. The van der Waals surface area contributed by atoms with Crippen molar-refractivity contribution in [1.29, 1.82) is 0 Å². The number of rotatable bonds is 9. The highest BCUT2D eigenvalue weighted by Crippen LogP contribution is 2.55. The summed E-state index contributed by atoms with van der Waals surface area (Å²) >= 11 is 6.98. The first-order chi connectivity index (χ1) is 15.9. The zero-order valence-electron chi connectivity index (χ0n) is 18.5. The lowest BCUT2D eigenvalue weighted by atomic mass is 10.1. The van der Waals surface area contributed by atoms with Gasteiger partial charge in [0.05, 0.1) is 5.60 Å². The number of hydrogen-bond acceptors (Lipinski definition) is 6. The molecule has 2 unspecified atom stereocenters. The van der Waals surface area contributed by atoms with Crippen molar-refractivity contribution < 1.29 is 28.2 Å². The molecule has 1 aliphatic rings. The van der Waals surface area contributed by atoms with E-state index in [-0.39, 0.29) is 17.2 Å². The van der Waals surface area contributed by atoms with Crippen LogP contribution in [0.5, 0.6) is 5.75 Å². The van der Waals surface area contributed by atoms with Crippen LogP contribution in [0.4, 0.5) is 0 Å². The van der Waals surface area contributed by atoms with E-state index in [0.29, 0.717) is 16.3 Å². The van der Waals surface area contributed by atoms with E-state index < -0.39 is 33.1 Å². The number of para-hydroxylation sites is 1. The number of carboxylic acid groups (broad SMARTS) is 1. The summed E-state index contributed by atoms with van der Waals surface area (Å²) in [6.07, 6.45) is 0.0832. The lowest BCUT2D eigenvalue weighted by Crippen LogP contribution is -2.44. The standard InChI is InChI=1S/C24H24ClNO6S2/c1-23(2,29)14-32-19-6-4-3-5-17(19)18-13-24(18,22(27)28)26-34(30,31)21-12-11-20(33-21)15-7-9-16(25)10-8-15/h3-12,18,26,29H,13-14H2,1-2H3,(H,27,28). The van der Waals surface area contributed by atoms with Crippen molar-refractivity contribution in [2.45, 2.75) is 41.5 Å². The second-order valence-electron chi connectivity index (χ2n) is 8.90. The summed E-state index contributed by atoms with van der Waals surface area (Å²) in [6, 6.07) is 17.0. The second kappa shape index (κ2) is 8.98. The summed E-state index contributed by atoms with van der Waals surface area (Å²) in [5, 5.41) is 20.5. The lowest BCUT2D eigenvalue weighted by Gasteiger charge is -2.20. The minimum absolute atomic E-state index is 0.00516. The summed E-state index contributed by atoms with van der Waals surface area (Å²) in [5.41, 5.74) is -1.38. The molecule has 0 saturated heterocycles. The van der Waals surface area contributed by atoms with Gasteiger partial charge in [-0.15, -0.1) is 11.3 Å². The van der Waals surface area contributed by atoms with E-state index in [0.717, 1.165) is 21.8 Å². The third kappa shape index (κ3) is 5.13. The van der Waals surface area contributed by atoms with E-state index >= 15 is 0 Å². The highest BCUT2D eigenvalue weighted by Gasteiger charge is 2.64. The van der Waals surface area contributed by atoms with Gasteiger partial charge in [-0.1, -0.05) is 41.9 Å². The van der Waals surface area contributed by atoms with Crippen molar-refractivity contribution in [3.63, 3.8) is 0 Å². The quantitative estimate of drug-likeness (QED) is 0.382. The molecule has 1 aliphatic carbocycles. The van der Waals surface area contributed by atoms with Crippen LogP contribution in [0.1, 0.15) is 31.7 Å². The zero-order valence-corrected chi connectivity index (χ0v) is 20.9. The van der Waals surface area contributed by atoms with Crippen LogP contribution < -0.4 is 9.46 Å². The SMILES string of the molecule is CC(C)(O)COc1ccccc1C1CC1(NS(=O)(=O)c1ccc(-c2ccc(Cl)cc2)s1)C(=O)O. The van der Waals surface area contributed by atoms with Gasteiger partial charge in [0, 0.05) is 15.8 Å². The number of ether oxygens (including phenoxy) is 1. The molecule has 3 N–H and O–H groups in total. The molecule has 1 fully saturated rings. The molecule has 10 heteroatoms. The van der Waals surface area contributed by atoms with Crippen molar-refractivity contribution in [3.05, 3.63) is 71.2 Å². The number of nitrogens with one attached hydrogen (secondary N) is 1. The molecule has 1 aromatic heterocycles. The van der Waals surface area contributed by atoms with E-state index in [1.54, 1.807) is 68.4 Å². The zero-order chi connectivity index (χ0) is 24.7. The van der Waals surface area contributed by atoms with Crippen LogP contribution in [-0.2, 0) is 14.8 Å². The number of halogens is 1. The average molecular weight is 522 g/mol. The Labute approximate surface area is 207 Å². The third-order valence-corrected chi connectivity index (χ3v) is 8.90. The highest BCUT2D eigenvalue weighted by molar-refractivity contribution is 7.91. The summed E-state index contributed by atoms with van der Waals surface area (Å²) in [7, 11) is -4.10. The maximum absolute atomic E-state index is 13.2. The molecule has 7 nitrogen and oxygen atoms in total. The number of benzene rings is 2. The van der Waals surface area contributed by atoms with Gasteiger partial charge in [-0.05, 0) is 61.7 Å². The average Bonchev–Trinajstić information content (AvgIpc) is 3.25. The molecule has 4 rings (SSSR count). The van der Waals surface area contributed by atoms with Crippen LogP contribution in [0.25, 0.3) is 10.4 Å². The minimum atomic E-state index is -4.10. The van der Waals surface area contributed by atoms with E-state index in [2.05, 4.69) is 4.72 Å². The number of aliphatic hydroxyl groups is 1. The second-order valence-corrected chi connectivity index (χ2v) is 12.3. The van der Waals surface area contributed by atoms with E-state index in [9.17, 15) is 23.4 Å². The molecule has 2 atom stereocenters. The van der Waals surface area contributed by atoms with Crippen molar-refractivity contribution in [3.8, 4) is 16.2 Å². The Morgan fingerprint density at radius 2 is 1.85 bits per heavy atom. The summed E-state index contributed by atoms with van der Waals surface area (Å²) in [5.74, 6) is -1.46. The first kappa shape index (κ1) is 24.7. The highest BCUT2D eigenvalue weighted by atomic mass is 35.5. The fourth-order valence-corrected chi connectivity index (χ4v) is 6.55. The van der Waals surface area contributed by atoms with Gasteiger partial charge in [0.25, 0.3) is 10.0 Å². The topological polar surface area (TPSA) is 113 Å². The maximum atomic E-state index is 13.2. The summed E-state index contributed by atoms with van der Waals surface area (Å²) in [4.78, 5) is 13.0. The smallest absolute Gasteiger partial charge is 0.325 e. The number of thiophene rings is 1. The van der Waals surface area contributed by atoms with Gasteiger partial charge in [-0.2, -0.15) is 4.72 Å². The predicted molar refractivity (Wildman–Crippen MR) is 131 cm³/mol. The first-order valence-corrected chi connectivity index (χ1v) is 13.2. The van der Waals surface area contributed by atoms with Crippen molar-refractivity contribution in [2.24, 2.45) is 0 Å². The molecule has 180 valence electrons. The Bertz CT molecular complexity index is 1310. The first-order valence-electron chi connectivity index (χ1n) is 10.5. The molecule has 3 aromatic rings. The molecule has 1 saturated carbocycles. The Balaban J connectivity index is 1.58. The number of hydrogen-bond donors (Lipinski definition) is 3. The van der Waals surface area contributed by atoms with E-state index in [1.165, 1.54) is 6.07 Å². The molecule has 0 radical (unpaired) electrons. The third-order valence-electron chi connectivity index (χ3n) is 5.51. The molecule has 34 heavy (non-hydrogen) atoms. The van der Waals surface area contributed by atoms with E-state index in [1.807, 2.05) is 0 Å². The van der Waals surface area contributed by atoms with Gasteiger partial charge in [-0.3, -0.25) is 4.79 Å². The van der Waals surface area contributed by atoms with Gasteiger partial charge in [0.2, 0.25) is 0 Å². The summed E-state index contributed by atoms with van der Waals surface area (Å²) < 4.78 is 34.5. The van der Waals surface area contributed by atoms with Crippen LogP contribution >= 0.6 is 22.9 Å². The molecule has 0 spiro atoms. The van der Waals surface area contributed by atoms with Crippen molar-refractivity contribution in [1.82, 2.24) is 4.72 Å². The van der Waals surface area contributed by atoms with Crippen LogP contribution in [-0.4, -0.2) is 42.3 Å². The Hall–Kier alpha value is -2.43. The molecule has 0 bridgehead atoms. The van der Waals surface area contributed by atoms with Gasteiger partial charge >= 0.3 is 5.97 Å². The van der Waals surface area contributed by atoms with Gasteiger partial charge in [-0.25, -0.2) is 8.42 Å². The lowest BCUT2D eigenvalue weighted by molar-refractivity contribution is -0.140. The fourth-order valence-electron chi connectivity index (χ4n) is 3.71. The van der Waals surface area contributed by atoms with Crippen LogP contribution in [0, 0.1) is 0 Å². The van der Waals surface area contributed by atoms with Crippen LogP contribution in [0.3, 0.4) is 0 Å².